The summed E-state index contributed by atoms with van der Waals surface area (Å²) in [5.41, 5.74) is -2.51. The maximum absolute atomic E-state index is 12.4. The monoisotopic (exact) mass is 807 g/mol. The summed E-state index contributed by atoms with van der Waals surface area (Å²) < 4.78 is 22.3. The van der Waals surface area contributed by atoms with Crippen LogP contribution in [-0.2, 0) is 28.5 Å². The normalized spacial score (nSPS) is 28.5. The van der Waals surface area contributed by atoms with Crippen LogP contribution < -0.4 is 0 Å². The van der Waals surface area contributed by atoms with Gasteiger partial charge in [0.15, 0.2) is 0 Å². The lowest BCUT2D eigenvalue weighted by Crippen LogP contribution is -2.61. The number of carbonyl (C=O) groups is 2. The summed E-state index contributed by atoms with van der Waals surface area (Å²) in [5, 5.41) is 63.6. The fourth-order valence-corrected chi connectivity index (χ4v) is 8.40. The Morgan fingerprint density at radius 2 is 0.745 bits per heavy atom. The number of carbonyl (C=O) groups excluding carboxylic acids is 2. The molecule has 0 aromatic rings. The van der Waals surface area contributed by atoms with Crippen molar-refractivity contribution < 1.29 is 59.2 Å². The van der Waals surface area contributed by atoms with Crippen molar-refractivity contribution in [2.75, 3.05) is 13.2 Å². The molecule has 0 spiro atoms. The second-order valence-corrected chi connectivity index (χ2v) is 18.0. The molecule has 0 saturated carbocycles. The first-order valence-electron chi connectivity index (χ1n) is 21.7. The number of unbranched alkanes of at least 4 members (excludes halogenated alkanes) is 16. The molecule has 2 saturated heterocycles. The molecule has 0 amide bonds. The van der Waals surface area contributed by atoms with Crippen LogP contribution in [0, 0.1) is 11.8 Å². The van der Waals surface area contributed by atoms with Gasteiger partial charge in [-0.05, 0) is 24.7 Å². The smallest absolute Gasteiger partial charge is 0.305 e. The average molecular weight is 807 g/mol. The maximum Gasteiger partial charge on any atom is 0.305 e. The zero-order valence-corrected chi connectivity index (χ0v) is 35.3. The minimum absolute atomic E-state index is 0.217. The van der Waals surface area contributed by atoms with Gasteiger partial charge in [-0.3, -0.25) is 9.59 Å². The first-order chi connectivity index (χ1) is 26.3. The van der Waals surface area contributed by atoms with Crippen LogP contribution in [0.15, 0.2) is 0 Å². The Morgan fingerprint density at radius 1 is 0.455 bits per heavy atom. The van der Waals surface area contributed by atoms with E-state index >= 15 is 0 Å². The van der Waals surface area contributed by atoms with Crippen LogP contribution in [-0.4, -0.2) is 115 Å². The van der Waals surface area contributed by atoms with Crippen molar-refractivity contribution in [1.29, 1.82) is 0 Å². The summed E-state index contributed by atoms with van der Waals surface area (Å²) in [6.45, 7) is 8.32. The number of esters is 2. The number of thioether (sulfide) groups is 1. The molecule has 55 heavy (non-hydrogen) atoms. The van der Waals surface area contributed by atoms with E-state index in [1.54, 1.807) is 0 Å². The van der Waals surface area contributed by atoms with Gasteiger partial charge in [0.25, 0.3) is 0 Å². The highest BCUT2D eigenvalue weighted by Gasteiger charge is 2.50. The molecule has 0 aromatic heterocycles. The second-order valence-electron chi connectivity index (χ2n) is 16.8. The topological polar surface area (TPSA) is 192 Å². The van der Waals surface area contributed by atoms with E-state index in [0.29, 0.717) is 12.8 Å². The van der Waals surface area contributed by atoms with Crippen LogP contribution in [0.1, 0.15) is 169 Å². The van der Waals surface area contributed by atoms with Crippen molar-refractivity contribution in [2.45, 2.75) is 229 Å². The summed E-state index contributed by atoms with van der Waals surface area (Å²) in [6, 6.07) is 0. The molecule has 2 aliphatic rings. The third kappa shape index (κ3) is 21.0. The number of ether oxygens (including phenoxy) is 4. The van der Waals surface area contributed by atoms with Gasteiger partial charge in [-0.15, -0.1) is 0 Å². The standard InChI is InChI=1S/C42H78O12S/c1-29(2)23-19-15-11-7-5-9-13-17-21-25-33(43)51-27-31-35(45)37(47)39(49)41(53-31)55-42-40(50)38(48)36(46)32(54-42)28-52-34(44)26-22-18-14-10-6-8-12-16-20-24-30(3)4/h29-32,35-42,45-50H,5-28H2,1-4H3/t31-,32-,35-,36-,37+,38+,39-,40-,41-,42-/m1/s1. The second kappa shape index (κ2) is 29.2. The van der Waals surface area contributed by atoms with E-state index in [4.69, 9.17) is 18.9 Å². The van der Waals surface area contributed by atoms with Gasteiger partial charge in [-0.25, -0.2) is 0 Å². The number of hydrogen-bond donors (Lipinski definition) is 6. The molecule has 12 nitrogen and oxygen atoms in total. The van der Waals surface area contributed by atoms with Gasteiger partial charge >= 0.3 is 11.9 Å². The molecule has 2 aliphatic heterocycles. The van der Waals surface area contributed by atoms with Gasteiger partial charge in [0.1, 0.15) is 72.9 Å². The predicted octanol–water partition coefficient (Wildman–Crippen LogP) is 6.32. The van der Waals surface area contributed by atoms with E-state index in [9.17, 15) is 40.2 Å². The van der Waals surface area contributed by atoms with Crippen LogP contribution >= 0.6 is 11.8 Å². The SMILES string of the molecule is CC(C)CCCCCCCCCCCC(=O)OC[C@H]1O[C@H](S[C@H]2O[C@H](COC(=O)CCCCCCCCCCCC(C)C)[C@@H](O)[C@H](O)[C@H]2O)[C@H](O)[C@@H](O)[C@@H]1O. The summed E-state index contributed by atoms with van der Waals surface area (Å²) in [7, 11) is 0. The van der Waals surface area contributed by atoms with Gasteiger partial charge in [0, 0.05) is 12.8 Å². The molecule has 0 bridgehead atoms. The molecule has 2 heterocycles. The Bertz CT molecular complexity index is 926. The first-order valence-corrected chi connectivity index (χ1v) is 22.6. The fraction of sp³-hybridized carbons (Fsp3) is 0.952. The molecule has 0 aromatic carbocycles. The van der Waals surface area contributed by atoms with E-state index < -0.39 is 71.6 Å². The molecule has 0 unspecified atom stereocenters. The number of aliphatic hydroxyl groups is 6. The molecule has 6 N–H and O–H groups in total. The Morgan fingerprint density at radius 3 is 1.05 bits per heavy atom. The van der Waals surface area contributed by atoms with E-state index in [0.717, 1.165) is 62.1 Å². The molecule has 2 fully saturated rings. The van der Waals surface area contributed by atoms with Crippen LogP contribution in [0.25, 0.3) is 0 Å². The predicted molar refractivity (Wildman–Crippen MR) is 214 cm³/mol. The number of rotatable bonds is 30. The lowest BCUT2D eigenvalue weighted by molar-refractivity contribution is -0.218. The van der Waals surface area contributed by atoms with Crippen molar-refractivity contribution in [1.82, 2.24) is 0 Å². The van der Waals surface area contributed by atoms with Crippen molar-refractivity contribution >= 4 is 23.7 Å². The van der Waals surface area contributed by atoms with Crippen molar-refractivity contribution in [3.8, 4) is 0 Å². The Labute approximate surface area is 335 Å². The van der Waals surface area contributed by atoms with Crippen LogP contribution in [0.2, 0.25) is 0 Å². The minimum Gasteiger partial charge on any atom is -0.463 e. The van der Waals surface area contributed by atoms with Gasteiger partial charge < -0.3 is 49.6 Å². The molecule has 324 valence electrons. The Balaban J connectivity index is 1.68. The number of hydrogen-bond acceptors (Lipinski definition) is 13. The van der Waals surface area contributed by atoms with Gasteiger partial charge in [0.05, 0.1) is 0 Å². The van der Waals surface area contributed by atoms with E-state index in [1.165, 1.54) is 77.0 Å². The molecular weight excluding hydrogens is 729 g/mol. The highest BCUT2D eigenvalue weighted by atomic mass is 32.2. The lowest BCUT2D eigenvalue weighted by Gasteiger charge is -2.44. The molecule has 0 radical (unpaired) electrons. The van der Waals surface area contributed by atoms with Gasteiger partial charge in [0.2, 0.25) is 0 Å². The van der Waals surface area contributed by atoms with Crippen molar-refractivity contribution in [3.05, 3.63) is 0 Å². The average Bonchev–Trinajstić information content (AvgIpc) is 3.14. The van der Waals surface area contributed by atoms with Gasteiger partial charge in [-0.2, -0.15) is 0 Å². The molecular formula is C42H78O12S. The Kier molecular flexibility index (Phi) is 26.6. The largest absolute Gasteiger partial charge is 0.463 e. The van der Waals surface area contributed by atoms with Crippen LogP contribution in [0.5, 0.6) is 0 Å². The lowest BCUT2D eigenvalue weighted by atomic mass is 10.00. The summed E-state index contributed by atoms with van der Waals surface area (Å²) in [6.07, 6.45) is 11.2. The third-order valence-corrected chi connectivity index (χ3v) is 12.1. The summed E-state index contributed by atoms with van der Waals surface area (Å²) in [5.74, 6) is 0.628. The van der Waals surface area contributed by atoms with Crippen LogP contribution in [0.3, 0.4) is 0 Å². The first kappa shape index (κ1) is 50.1. The highest BCUT2D eigenvalue weighted by Crippen LogP contribution is 2.37. The zero-order chi connectivity index (χ0) is 40.6. The quantitative estimate of drug-likeness (QED) is 0.0350. The zero-order valence-electron chi connectivity index (χ0n) is 34.4. The number of aliphatic hydroxyl groups excluding tert-OH is 6. The maximum atomic E-state index is 12.4. The minimum atomic E-state index is -1.65. The molecule has 2 rings (SSSR count). The molecule has 10 atom stereocenters. The Hall–Kier alpha value is -1.03. The van der Waals surface area contributed by atoms with E-state index in [1.807, 2.05) is 0 Å². The van der Waals surface area contributed by atoms with Crippen molar-refractivity contribution in [3.63, 3.8) is 0 Å². The summed E-state index contributed by atoms with van der Waals surface area (Å²) in [4.78, 5) is 24.8. The molecule has 13 heteroatoms. The fourth-order valence-electron chi connectivity index (χ4n) is 7.08. The van der Waals surface area contributed by atoms with E-state index in [-0.39, 0.29) is 26.1 Å². The highest BCUT2D eigenvalue weighted by molar-refractivity contribution is 8.00. The third-order valence-electron chi connectivity index (χ3n) is 10.7. The molecule has 0 aliphatic carbocycles. The summed E-state index contributed by atoms with van der Waals surface area (Å²) >= 11 is 0.737. The van der Waals surface area contributed by atoms with Crippen LogP contribution in [0.4, 0.5) is 0 Å². The van der Waals surface area contributed by atoms with Gasteiger partial charge in [-0.1, -0.05) is 155 Å². The van der Waals surface area contributed by atoms with Crippen molar-refractivity contribution in [2.24, 2.45) is 11.8 Å². The van der Waals surface area contributed by atoms with E-state index in [2.05, 4.69) is 27.7 Å².